The third kappa shape index (κ3) is 9.78. The number of hydrogen-bond donors (Lipinski definition) is 2. The molecule has 2 N–H and O–H groups in total. The quantitative estimate of drug-likeness (QED) is 0.400. The van der Waals surface area contributed by atoms with Crippen LogP contribution in [0.5, 0.6) is 11.5 Å². The van der Waals surface area contributed by atoms with E-state index < -0.39 is 0 Å². The molecular weight excluding hydrogens is 420 g/mol. The second kappa shape index (κ2) is 13.0. The Bertz CT molecular complexity index is 600. The first-order valence-electron chi connectivity index (χ1n) is 10.3. The standard InChI is InChI=1S/C22H37BrN2O3/c1-6-7-8-9-10-11-14-24-15-17-18(23)12-13-19(27-5)21(17)28-16-20(26)25-22(2,3)4/h12-13,24H,6-11,14-16H2,1-5H3,(H,25,26). The molecule has 160 valence electrons. The summed E-state index contributed by atoms with van der Waals surface area (Å²) in [5.41, 5.74) is 0.678. The van der Waals surface area contributed by atoms with Gasteiger partial charge in [0.05, 0.1) is 7.11 Å². The number of unbranched alkanes of at least 4 members (excludes halogenated alkanes) is 5. The van der Waals surface area contributed by atoms with Crippen LogP contribution in [-0.2, 0) is 11.3 Å². The zero-order valence-electron chi connectivity index (χ0n) is 18.1. The molecule has 1 rings (SSSR count). The summed E-state index contributed by atoms with van der Waals surface area (Å²) in [5, 5.41) is 6.39. The van der Waals surface area contributed by atoms with Crippen LogP contribution in [0.3, 0.4) is 0 Å². The van der Waals surface area contributed by atoms with Crippen molar-refractivity contribution in [2.24, 2.45) is 0 Å². The number of rotatable bonds is 13. The largest absolute Gasteiger partial charge is 0.493 e. The maximum absolute atomic E-state index is 12.1. The molecule has 0 saturated carbocycles. The van der Waals surface area contributed by atoms with E-state index in [4.69, 9.17) is 9.47 Å². The van der Waals surface area contributed by atoms with Crippen LogP contribution in [0.2, 0.25) is 0 Å². The first-order chi connectivity index (χ1) is 13.3. The molecule has 0 fully saturated rings. The van der Waals surface area contributed by atoms with Crippen LogP contribution in [0.15, 0.2) is 16.6 Å². The van der Waals surface area contributed by atoms with Crippen LogP contribution >= 0.6 is 15.9 Å². The predicted octanol–water partition coefficient (Wildman–Crippen LogP) is 5.20. The van der Waals surface area contributed by atoms with Gasteiger partial charge in [-0.1, -0.05) is 55.0 Å². The van der Waals surface area contributed by atoms with Gasteiger partial charge in [-0.05, 0) is 45.9 Å². The van der Waals surface area contributed by atoms with Crippen LogP contribution in [0.4, 0.5) is 0 Å². The van der Waals surface area contributed by atoms with Crippen LogP contribution in [0.25, 0.3) is 0 Å². The van der Waals surface area contributed by atoms with Gasteiger partial charge in [-0.2, -0.15) is 0 Å². The highest BCUT2D eigenvalue weighted by Crippen LogP contribution is 2.36. The highest BCUT2D eigenvalue weighted by atomic mass is 79.9. The van der Waals surface area contributed by atoms with Gasteiger partial charge < -0.3 is 20.1 Å². The molecule has 1 aromatic rings. The van der Waals surface area contributed by atoms with E-state index in [1.807, 2.05) is 32.9 Å². The molecule has 0 radical (unpaired) electrons. The summed E-state index contributed by atoms with van der Waals surface area (Å²) in [6.45, 7) is 9.64. The van der Waals surface area contributed by atoms with Gasteiger partial charge in [0.1, 0.15) is 0 Å². The fraction of sp³-hybridized carbons (Fsp3) is 0.682. The van der Waals surface area contributed by atoms with Crippen LogP contribution in [0.1, 0.15) is 71.8 Å². The van der Waals surface area contributed by atoms with E-state index in [-0.39, 0.29) is 18.1 Å². The van der Waals surface area contributed by atoms with Crippen molar-refractivity contribution < 1.29 is 14.3 Å². The highest BCUT2D eigenvalue weighted by Gasteiger charge is 2.18. The van der Waals surface area contributed by atoms with Gasteiger partial charge in [-0.15, -0.1) is 0 Å². The van der Waals surface area contributed by atoms with Gasteiger partial charge in [0.25, 0.3) is 5.91 Å². The molecular formula is C22H37BrN2O3. The lowest BCUT2D eigenvalue weighted by Crippen LogP contribution is -2.43. The molecule has 5 nitrogen and oxygen atoms in total. The molecule has 0 bridgehead atoms. The number of carbonyl (C=O) groups excluding carboxylic acids is 1. The predicted molar refractivity (Wildman–Crippen MR) is 119 cm³/mol. The number of carbonyl (C=O) groups is 1. The Kier molecular flexibility index (Phi) is 11.5. The lowest BCUT2D eigenvalue weighted by Gasteiger charge is -2.21. The van der Waals surface area contributed by atoms with E-state index >= 15 is 0 Å². The summed E-state index contributed by atoms with van der Waals surface area (Å²) < 4.78 is 12.3. The molecule has 0 spiro atoms. The van der Waals surface area contributed by atoms with E-state index in [1.54, 1.807) is 7.11 Å². The third-order valence-corrected chi connectivity index (χ3v) is 5.00. The Morgan fingerprint density at radius 1 is 1.11 bits per heavy atom. The van der Waals surface area contributed by atoms with E-state index in [0.717, 1.165) is 23.0 Å². The molecule has 1 aromatic carbocycles. The maximum atomic E-state index is 12.1. The molecule has 0 unspecified atom stereocenters. The SMILES string of the molecule is CCCCCCCCNCc1c(Br)ccc(OC)c1OCC(=O)NC(C)(C)C. The summed E-state index contributed by atoms with van der Waals surface area (Å²) in [6.07, 6.45) is 7.65. The Hall–Kier alpha value is -1.27. The van der Waals surface area contributed by atoms with Gasteiger partial charge in [0.2, 0.25) is 0 Å². The Morgan fingerprint density at radius 3 is 2.43 bits per heavy atom. The van der Waals surface area contributed by atoms with Crippen LogP contribution < -0.4 is 20.1 Å². The van der Waals surface area contributed by atoms with Crippen molar-refractivity contribution in [1.82, 2.24) is 10.6 Å². The molecule has 0 aliphatic heterocycles. The molecule has 0 aliphatic rings. The second-order valence-electron chi connectivity index (χ2n) is 8.09. The summed E-state index contributed by atoms with van der Waals surface area (Å²) >= 11 is 3.60. The minimum atomic E-state index is -0.288. The lowest BCUT2D eigenvalue weighted by atomic mass is 10.1. The van der Waals surface area contributed by atoms with Crippen molar-refractivity contribution in [3.63, 3.8) is 0 Å². The average molecular weight is 457 g/mol. The van der Waals surface area contributed by atoms with E-state index in [9.17, 15) is 4.79 Å². The molecule has 28 heavy (non-hydrogen) atoms. The molecule has 0 heterocycles. The Balaban J connectivity index is 2.63. The summed E-state index contributed by atoms with van der Waals surface area (Å²) in [4.78, 5) is 12.1. The molecule has 0 aliphatic carbocycles. The van der Waals surface area contributed by atoms with E-state index in [2.05, 4.69) is 33.5 Å². The number of methoxy groups -OCH3 is 1. The van der Waals surface area contributed by atoms with E-state index in [1.165, 1.54) is 32.1 Å². The van der Waals surface area contributed by atoms with Crippen molar-refractivity contribution >= 4 is 21.8 Å². The number of amides is 1. The summed E-state index contributed by atoms with van der Waals surface area (Å²) in [7, 11) is 1.61. The zero-order chi connectivity index (χ0) is 21.0. The molecule has 0 aromatic heterocycles. The normalized spacial score (nSPS) is 11.4. The van der Waals surface area contributed by atoms with Crippen molar-refractivity contribution in [2.75, 3.05) is 20.3 Å². The Morgan fingerprint density at radius 2 is 1.79 bits per heavy atom. The molecule has 1 amide bonds. The second-order valence-corrected chi connectivity index (χ2v) is 8.94. The van der Waals surface area contributed by atoms with Crippen molar-refractivity contribution in [3.05, 3.63) is 22.2 Å². The van der Waals surface area contributed by atoms with E-state index in [0.29, 0.717) is 18.0 Å². The molecule has 0 atom stereocenters. The fourth-order valence-electron chi connectivity index (χ4n) is 2.90. The number of hydrogen-bond acceptors (Lipinski definition) is 4. The summed E-state index contributed by atoms with van der Waals surface area (Å²) in [6, 6.07) is 3.79. The van der Waals surface area contributed by atoms with Gasteiger partial charge in [-0.3, -0.25) is 4.79 Å². The van der Waals surface area contributed by atoms with Crippen LogP contribution in [0, 0.1) is 0 Å². The monoisotopic (exact) mass is 456 g/mol. The number of ether oxygens (including phenoxy) is 2. The van der Waals surface area contributed by atoms with Gasteiger partial charge in [0.15, 0.2) is 18.1 Å². The first kappa shape index (κ1) is 24.8. The topological polar surface area (TPSA) is 59.6 Å². The fourth-order valence-corrected chi connectivity index (χ4v) is 3.35. The lowest BCUT2D eigenvalue weighted by molar-refractivity contribution is -0.124. The van der Waals surface area contributed by atoms with Crippen molar-refractivity contribution in [1.29, 1.82) is 0 Å². The maximum Gasteiger partial charge on any atom is 0.258 e. The minimum Gasteiger partial charge on any atom is -0.493 e. The number of nitrogens with one attached hydrogen (secondary N) is 2. The van der Waals surface area contributed by atoms with Crippen molar-refractivity contribution in [3.8, 4) is 11.5 Å². The van der Waals surface area contributed by atoms with Gasteiger partial charge >= 0.3 is 0 Å². The van der Waals surface area contributed by atoms with Crippen molar-refractivity contribution in [2.45, 2.75) is 78.3 Å². The average Bonchev–Trinajstić information content (AvgIpc) is 2.62. The molecule has 0 saturated heterocycles. The number of halogens is 1. The Labute approximate surface area is 179 Å². The van der Waals surface area contributed by atoms with Gasteiger partial charge in [0, 0.05) is 22.1 Å². The molecule has 6 heteroatoms. The highest BCUT2D eigenvalue weighted by molar-refractivity contribution is 9.10. The first-order valence-corrected chi connectivity index (χ1v) is 11.1. The zero-order valence-corrected chi connectivity index (χ0v) is 19.7. The summed E-state index contributed by atoms with van der Waals surface area (Å²) in [5.74, 6) is 1.08. The third-order valence-electron chi connectivity index (χ3n) is 4.26. The van der Waals surface area contributed by atoms with Gasteiger partial charge in [-0.25, -0.2) is 0 Å². The minimum absolute atomic E-state index is 0.0471. The number of benzene rings is 1. The smallest absolute Gasteiger partial charge is 0.258 e. The van der Waals surface area contributed by atoms with Crippen LogP contribution in [-0.4, -0.2) is 31.7 Å².